The van der Waals surface area contributed by atoms with E-state index in [-0.39, 0.29) is 42.5 Å². The number of amides is 1. The summed E-state index contributed by atoms with van der Waals surface area (Å²) in [7, 11) is -3.01. The van der Waals surface area contributed by atoms with E-state index in [1.165, 1.54) is 0 Å². The fourth-order valence-corrected chi connectivity index (χ4v) is 4.63. The largest absolute Gasteiger partial charge is 0.395 e. The summed E-state index contributed by atoms with van der Waals surface area (Å²) in [6.45, 7) is 1.69. The van der Waals surface area contributed by atoms with Gasteiger partial charge in [0.25, 0.3) is 0 Å². The van der Waals surface area contributed by atoms with Gasteiger partial charge in [0, 0.05) is 19.1 Å². The zero-order valence-electron chi connectivity index (χ0n) is 11.0. The van der Waals surface area contributed by atoms with Crippen LogP contribution < -0.4 is 5.32 Å². The Kier molecular flexibility index (Phi) is 4.81. The molecule has 0 bridgehead atoms. The SMILES string of the molecule is O=C([C@H]1CCCNC1)N(CCO)C1CCS(=O)(=O)C1. The highest BCUT2D eigenvalue weighted by molar-refractivity contribution is 7.91. The van der Waals surface area contributed by atoms with Crippen molar-refractivity contribution in [2.45, 2.75) is 25.3 Å². The number of carbonyl (C=O) groups is 1. The number of nitrogens with zero attached hydrogens (tertiary/aromatic N) is 1. The average molecular weight is 290 g/mol. The minimum atomic E-state index is -3.01. The molecule has 0 aliphatic carbocycles. The van der Waals surface area contributed by atoms with E-state index in [1.54, 1.807) is 4.90 Å². The van der Waals surface area contributed by atoms with Gasteiger partial charge in [-0.2, -0.15) is 0 Å². The van der Waals surface area contributed by atoms with E-state index in [0.29, 0.717) is 13.0 Å². The molecule has 7 heteroatoms. The summed E-state index contributed by atoms with van der Waals surface area (Å²) in [6.07, 6.45) is 2.30. The smallest absolute Gasteiger partial charge is 0.227 e. The average Bonchev–Trinajstić information content (AvgIpc) is 2.76. The summed E-state index contributed by atoms with van der Waals surface area (Å²) in [6, 6.07) is -0.258. The predicted octanol–water partition coefficient (Wildman–Crippen LogP) is -1.01. The summed E-state index contributed by atoms with van der Waals surface area (Å²) in [5, 5.41) is 12.3. The van der Waals surface area contributed by atoms with E-state index >= 15 is 0 Å². The first kappa shape index (κ1) is 14.7. The molecule has 2 N–H and O–H groups in total. The monoisotopic (exact) mass is 290 g/mol. The summed E-state index contributed by atoms with van der Waals surface area (Å²) < 4.78 is 23.1. The van der Waals surface area contributed by atoms with Gasteiger partial charge in [0.15, 0.2) is 9.84 Å². The lowest BCUT2D eigenvalue weighted by Gasteiger charge is -2.33. The van der Waals surface area contributed by atoms with Crippen LogP contribution in [-0.4, -0.2) is 68.1 Å². The van der Waals surface area contributed by atoms with Crippen molar-refractivity contribution in [2.24, 2.45) is 5.92 Å². The van der Waals surface area contributed by atoms with Gasteiger partial charge in [0.05, 0.1) is 24.0 Å². The first-order valence-corrected chi connectivity index (χ1v) is 8.68. The molecular formula is C12H22N2O4S. The van der Waals surface area contributed by atoms with Crippen molar-refractivity contribution >= 4 is 15.7 Å². The Bertz CT molecular complexity index is 417. The van der Waals surface area contributed by atoms with Gasteiger partial charge >= 0.3 is 0 Å². The lowest BCUT2D eigenvalue weighted by Crippen LogP contribution is -2.49. The number of rotatable bonds is 4. The van der Waals surface area contributed by atoms with Crippen LogP contribution in [0.2, 0.25) is 0 Å². The van der Waals surface area contributed by atoms with Crippen LogP contribution in [0.5, 0.6) is 0 Å². The number of piperidine rings is 1. The fraction of sp³-hybridized carbons (Fsp3) is 0.917. The fourth-order valence-electron chi connectivity index (χ4n) is 2.90. The molecule has 1 amide bonds. The summed E-state index contributed by atoms with van der Waals surface area (Å²) >= 11 is 0. The van der Waals surface area contributed by atoms with Gasteiger partial charge in [-0.3, -0.25) is 4.79 Å². The Morgan fingerprint density at radius 3 is 2.68 bits per heavy atom. The topological polar surface area (TPSA) is 86.7 Å². The maximum absolute atomic E-state index is 12.5. The molecule has 2 saturated heterocycles. The molecule has 2 atom stereocenters. The van der Waals surface area contributed by atoms with Crippen LogP contribution >= 0.6 is 0 Å². The molecule has 2 heterocycles. The van der Waals surface area contributed by atoms with Crippen LogP contribution in [0.1, 0.15) is 19.3 Å². The minimum absolute atomic E-state index is 0.0108. The highest BCUT2D eigenvalue weighted by Gasteiger charge is 2.36. The van der Waals surface area contributed by atoms with Gasteiger partial charge in [0.2, 0.25) is 5.91 Å². The number of sulfone groups is 1. The van der Waals surface area contributed by atoms with Crippen molar-refractivity contribution in [3.8, 4) is 0 Å². The molecule has 2 fully saturated rings. The summed E-state index contributed by atoms with van der Waals surface area (Å²) in [5.41, 5.74) is 0. The first-order valence-electron chi connectivity index (χ1n) is 6.86. The molecular weight excluding hydrogens is 268 g/mol. The van der Waals surface area contributed by atoms with Gasteiger partial charge in [-0.25, -0.2) is 8.42 Å². The van der Waals surface area contributed by atoms with Crippen molar-refractivity contribution in [3.05, 3.63) is 0 Å². The quantitative estimate of drug-likeness (QED) is 0.693. The van der Waals surface area contributed by atoms with Crippen molar-refractivity contribution in [2.75, 3.05) is 37.7 Å². The Balaban J connectivity index is 2.04. The third kappa shape index (κ3) is 3.67. The Hall–Kier alpha value is -0.660. The van der Waals surface area contributed by atoms with Crippen molar-refractivity contribution in [1.29, 1.82) is 0 Å². The molecule has 0 radical (unpaired) electrons. The van der Waals surface area contributed by atoms with Crippen LogP contribution in [0.3, 0.4) is 0 Å². The summed E-state index contributed by atoms with van der Waals surface area (Å²) in [5.74, 6) is 0.0984. The molecule has 19 heavy (non-hydrogen) atoms. The third-order valence-corrected chi connectivity index (χ3v) is 5.67. The molecule has 0 aromatic carbocycles. The molecule has 0 aromatic heterocycles. The molecule has 2 aliphatic heterocycles. The second-order valence-corrected chi connectivity index (χ2v) is 7.58. The second-order valence-electron chi connectivity index (χ2n) is 5.36. The van der Waals surface area contributed by atoms with E-state index in [2.05, 4.69) is 5.32 Å². The number of hydrogen-bond donors (Lipinski definition) is 2. The van der Waals surface area contributed by atoms with Crippen molar-refractivity contribution in [3.63, 3.8) is 0 Å². The number of nitrogens with one attached hydrogen (secondary N) is 1. The Morgan fingerprint density at radius 1 is 1.37 bits per heavy atom. The predicted molar refractivity (Wildman–Crippen MR) is 71.5 cm³/mol. The first-order chi connectivity index (χ1) is 9.03. The molecule has 2 rings (SSSR count). The Morgan fingerprint density at radius 2 is 2.16 bits per heavy atom. The number of hydrogen-bond acceptors (Lipinski definition) is 5. The molecule has 6 nitrogen and oxygen atoms in total. The van der Waals surface area contributed by atoms with E-state index in [4.69, 9.17) is 5.11 Å². The second kappa shape index (κ2) is 6.19. The molecule has 0 aromatic rings. The number of aliphatic hydroxyl groups excluding tert-OH is 1. The maximum atomic E-state index is 12.5. The standard InChI is InChI=1S/C12H22N2O4S/c15-6-5-14(11-3-7-19(17,18)9-11)12(16)10-2-1-4-13-8-10/h10-11,13,15H,1-9H2/t10-,11?/m0/s1. The maximum Gasteiger partial charge on any atom is 0.227 e. The molecule has 2 aliphatic rings. The van der Waals surface area contributed by atoms with Gasteiger partial charge in [-0.1, -0.05) is 0 Å². The molecule has 0 spiro atoms. The molecule has 110 valence electrons. The van der Waals surface area contributed by atoms with Gasteiger partial charge in [-0.05, 0) is 25.8 Å². The number of aliphatic hydroxyl groups is 1. The lowest BCUT2D eigenvalue weighted by atomic mass is 9.97. The number of carbonyl (C=O) groups excluding carboxylic acids is 1. The van der Waals surface area contributed by atoms with Crippen molar-refractivity contribution < 1.29 is 18.3 Å². The van der Waals surface area contributed by atoms with E-state index in [1.807, 2.05) is 0 Å². The van der Waals surface area contributed by atoms with Crippen molar-refractivity contribution in [1.82, 2.24) is 10.2 Å². The zero-order valence-corrected chi connectivity index (χ0v) is 11.9. The van der Waals surface area contributed by atoms with Crippen LogP contribution in [0, 0.1) is 5.92 Å². The lowest BCUT2D eigenvalue weighted by molar-refractivity contribution is -0.138. The van der Waals surface area contributed by atoms with Crippen LogP contribution in [-0.2, 0) is 14.6 Å². The molecule has 1 unspecified atom stereocenters. The van der Waals surface area contributed by atoms with Crippen LogP contribution in [0.25, 0.3) is 0 Å². The summed E-state index contributed by atoms with van der Waals surface area (Å²) in [4.78, 5) is 14.1. The Labute approximate surface area is 114 Å². The zero-order chi connectivity index (χ0) is 13.9. The van der Waals surface area contributed by atoms with Gasteiger partial charge in [0.1, 0.15) is 0 Å². The highest BCUT2D eigenvalue weighted by atomic mass is 32.2. The van der Waals surface area contributed by atoms with Gasteiger partial charge < -0.3 is 15.3 Å². The van der Waals surface area contributed by atoms with E-state index in [9.17, 15) is 13.2 Å². The third-order valence-electron chi connectivity index (χ3n) is 3.92. The molecule has 0 saturated carbocycles. The van der Waals surface area contributed by atoms with Crippen LogP contribution in [0.4, 0.5) is 0 Å². The minimum Gasteiger partial charge on any atom is -0.395 e. The van der Waals surface area contributed by atoms with Gasteiger partial charge in [-0.15, -0.1) is 0 Å². The highest BCUT2D eigenvalue weighted by Crippen LogP contribution is 2.21. The van der Waals surface area contributed by atoms with E-state index < -0.39 is 9.84 Å². The van der Waals surface area contributed by atoms with E-state index in [0.717, 1.165) is 19.4 Å². The van der Waals surface area contributed by atoms with Crippen LogP contribution in [0.15, 0.2) is 0 Å². The normalized spacial score (nSPS) is 30.2.